The van der Waals surface area contributed by atoms with Crippen LogP contribution in [0.4, 0.5) is 0 Å². The van der Waals surface area contributed by atoms with E-state index in [1.54, 1.807) is 4.90 Å². The van der Waals surface area contributed by atoms with Crippen molar-refractivity contribution < 1.29 is 9.59 Å². The number of hydrogen-bond donors (Lipinski definition) is 0. The minimum Gasteiger partial charge on any atom is -0.348 e. The van der Waals surface area contributed by atoms with Gasteiger partial charge in [-0.25, -0.2) is 4.98 Å². The third-order valence-corrected chi connectivity index (χ3v) is 6.97. The van der Waals surface area contributed by atoms with E-state index in [0.29, 0.717) is 5.56 Å². The molecule has 1 atom stereocenters. The molecular weight excluding hydrogens is 390 g/mol. The second-order valence-corrected chi connectivity index (χ2v) is 9.40. The zero-order valence-electron chi connectivity index (χ0n) is 19.2. The highest BCUT2D eigenvalue weighted by Crippen LogP contribution is 2.48. The van der Waals surface area contributed by atoms with Gasteiger partial charge in [-0.3, -0.25) is 14.5 Å². The molecule has 0 saturated carbocycles. The number of rotatable bonds is 4. The van der Waals surface area contributed by atoms with E-state index in [4.69, 9.17) is 0 Å². The van der Waals surface area contributed by atoms with E-state index < -0.39 is 5.54 Å². The number of nitrogens with zero attached hydrogens (tertiary/aromatic N) is 5. The normalized spacial score (nSPS) is 20.9. The zero-order valence-corrected chi connectivity index (χ0v) is 19.2. The lowest BCUT2D eigenvalue weighted by Gasteiger charge is -2.56. The first-order valence-electron chi connectivity index (χ1n) is 11.1. The maximum atomic E-state index is 13.6. The second kappa shape index (κ2) is 8.11. The number of imidazole rings is 1. The van der Waals surface area contributed by atoms with Crippen molar-refractivity contribution in [2.24, 2.45) is 7.05 Å². The van der Waals surface area contributed by atoms with Crippen molar-refractivity contribution in [2.75, 3.05) is 27.2 Å². The van der Waals surface area contributed by atoms with Crippen LogP contribution in [0.5, 0.6) is 0 Å². The van der Waals surface area contributed by atoms with Crippen LogP contribution in [0.1, 0.15) is 54.2 Å². The van der Waals surface area contributed by atoms with Crippen LogP contribution in [0.15, 0.2) is 36.8 Å². The predicted molar refractivity (Wildman–Crippen MR) is 120 cm³/mol. The summed E-state index contributed by atoms with van der Waals surface area (Å²) >= 11 is 0. The Morgan fingerprint density at radius 2 is 1.90 bits per heavy atom. The highest BCUT2D eigenvalue weighted by atomic mass is 16.2. The fourth-order valence-electron chi connectivity index (χ4n) is 5.47. The lowest BCUT2D eigenvalue weighted by atomic mass is 9.66. The van der Waals surface area contributed by atoms with Gasteiger partial charge in [0.05, 0.1) is 23.5 Å². The fourth-order valence-corrected chi connectivity index (χ4v) is 5.47. The summed E-state index contributed by atoms with van der Waals surface area (Å²) < 4.78 is 2.05. The predicted octanol–water partition coefficient (Wildman–Crippen LogP) is 2.49. The Bertz CT molecular complexity index is 972. The number of aromatic nitrogens is 2. The van der Waals surface area contributed by atoms with Gasteiger partial charge in [0.2, 0.25) is 5.91 Å². The Kier molecular flexibility index (Phi) is 5.64. The number of piperidine rings is 1. The van der Waals surface area contributed by atoms with Gasteiger partial charge in [-0.15, -0.1) is 0 Å². The van der Waals surface area contributed by atoms with Crippen LogP contribution >= 0.6 is 0 Å². The first-order chi connectivity index (χ1) is 14.8. The quantitative estimate of drug-likeness (QED) is 0.758. The summed E-state index contributed by atoms with van der Waals surface area (Å²) in [4.78, 5) is 37.5. The van der Waals surface area contributed by atoms with E-state index in [-0.39, 0.29) is 23.8 Å². The van der Waals surface area contributed by atoms with Gasteiger partial charge in [0.15, 0.2) is 0 Å². The van der Waals surface area contributed by atoms with Gasteiger partial charge < -0.3 is 14.4 Å². The Morgan fingerprint density at radius 3 is 2.48 bits per heavy atom. The average molecular weight is 424 g/mol. The molecule has 1 aromatic carbocycles. The monoisotopic (exact) mass is 423 g/mol. The number of amides is 2. The van der Waals surface area contributed by atoms with E-state index in [0.717, 1.165) is 38.0 Å². The third-order valence-electron chi connectivity index (χ3n) is 6.97. The minimum atomic E-state index is -0.510. The lowest BCUT2D eigenvalue weighted by molar-refractivity contribution is -0.136. The van der Waals surface area contributed by atoms with E-state index in [1.165, 1.54) is 5.69 Å². The van der Waals surface area contributed by atoms with Crippen molar-refractivity contribution in [3.05, 3.63) is 53.6 Å². The molecule has 0 radical (unpaired) electrons. The van der Waals surface area contributed by atoms with Gasteiger partial charge in [-0.2, -0.15) is 0 Å². The third kappa shape index (κ3) is 3.55. The Morgan fingerprint density at radius 1 is 1.23 bits per heavy atom. The summed E-state index contributed by atoms with van der Waals surface area (Å²) in [6.07, 6.45) is 5.27. The summed E-state index contributed by atoms with van der Waals surface area (Å²) in [6, 6.07) is 7.69. The molecule has 2 amide bonds. The van der Waals surface area contributed by atoms with Gasteiger partial charge >= 0.3 is 0 Å². The number of fused-ring (bicyclic) bond motifs is 1. The molecule has 4 rings (SSSR count). The molecule has 2 aliphatic heterocycles. The number of carbonyl (C=O) groups excluding carboxylic acids is 2. The molecule has 1 saturated heterocycles. The molecule has 166 valence electrons. The SMILES string of the molecule is CC(C)N1C(=O)c2ccccc2C(C(=O)N(C)C)C12CCN(Cc1cncn1C)CC2. The van der Waals surface area contributed by atoms with Gasteiger partial charge in [-0.1, -0.05) is 18.2 Å². The van der Waals surface area contributed by atoms with Gasteiger partial charge in [0.25, 0.3) is 5.91 Å². The van der Waals surface area contributed by atoms with Crippen LogP contribution in [0.25, 0.3) is 0 Å². The Labute approximate surface area is 184 Å². The first-order valence-corrected chi connectivity index (χ1v) is 11.1. The van der Waals surface area contributed by atoms with Crippen LogP contribution in [-0.2, 0) is 18.4 Å². The first kappa shape index (κ1) is 21.6. The van der Waals surface area contributed by atoms with E-state index in [2.05, 4.69) is 23.7 Å². The summed E-state index contributed by atoms with van der Waals surface area (Å²) in [5.41, 5.74) is 2.20. The largest absolute Gasteiger partial charge is 0.348 e. The average Bonchev–Trinajstić information content (AvgIpc) is 3.14. The van der Waals surface area contributed by atoms with Crippen molar-refractivity contribution in [1.82, 2.24) is 24.3 Å². The molecule has 7 nitrogen and oxygen atoms in total. The Balaban J connectivity index is 1.73. The minimum absolute atomic E-state index is 0.0157. The number of hydrogen-bond acceptors (Lipinski definition) is 4. The molecule has 31 heavy (non-hydrogen) atoms. The van der Waals surface area contributed by atoms with Gasteiger partial charge in [-0.05, 0) is 38.3 Å². The van der Waals surface area contributed by atoms with Crippen LogP contribution < -0.4 is 0 Å². The maximum Gasteiger partial charge on any atom is 0.254 e. The fraction of sp³-hybridized carbons (Fsp3) is 0.542. The molecule has 3 heterocycles. The van der Waals surface area contributed by atoms with Crippen LogP contribution in [0.2, 0.25) is 0 Å². The summed E-state index contributed by atoms with van der Waals surface area (Å²) in [5.74, 6) is -0.225. The van der Waals surface area contributed by atoms with Crippen LogP contribution in [-0.4, -0.2) is 74.8 Å². The Hall–Kier alpha value is -2.67. The van der Waals surface area contributed by atoms with E-state index in [1.807, 2.05) is 67.4 Å². The van der Waals surface area contributed by atoms with Gasteiger partial charge in [0, 0.05) is 58.6 Å². The number of benzene rings is 1. The van der Waals surface area contributed by atoms with Crippen LogP contribution in [0.3, 0.4) is 0 Å². The molecule has 2 aliphatic rings. The molecule has 1 spiro atoms. The molecule has 7 heteroatoms. The van der Waals surface area contributed by atoms with Crippen molar-refractivity contribution in [3.63, 3.8) is 0 Å². The smallest absolute Gasteiger partial charge is 0.254 e. The molecule has 1 aromatic heterocycles. The molecule has 1 fully saturated rings. The molecule has 1 unspecified atom stereocenters. The topological polar surface area (TPSA) is 61.7 Å². The molecule has 0 bridgehead atoms. The highest BCUT2D eigenvalue weighted by molar-refractivity contribution is 6.02. The van der Waals surface area contributed by atoms with E-state index >= 15 is 0 Å². The molecule has 2 aromatic rings. The molecule has 0 aliphatic carbocycles. The number of likely N-dealkylation sites (tertiary alicyclic amines) is 1. The molecular formula is C24H33N5O2. The molecule has 0 N–H and O–H groups in total. The standard InChI is InChI=1S/C24H33N5O2/c1-17(2)29-22(30)20-9-7-6-8-19(20)21(23(31)26(3)4)24(29)10-12-28(13-11-24)15-18-14-25-16-27(18)5/h6-9,14,16-17,21H,10-13,15H2,1-5H3. The summed E-state index contributed by atoms with van der Waals surface area (Å²) in [7, 11) is 5.63. The number of aryl methyl sites for hydroxylation is 1. The number of carbonyl (C=O) groups is 2. The van der Waals surface area contributed by atoms with Gasteiger partial charge in [0.1, 0.15) is 0 Å². The summed E-state index contributed by atoms with van der Waals surface area (Å²) in [6.45, 7) is 6.62. The summed E-state index contributed by atoms with van der Waals surface area (Å²) in [5, 5.41) is 0. The van der Waals surface area contributed by atoms with Crippen molar-refractivity contribution in [2.45, 2.75) is 50.7 Å². The zero-order chi connectivity index (χ0) is 22.3. The highest BCUT2D eigenvalue weighted by Gasteiger charge is 2.56. The number of likely N-dealkylation sites (N-methyl/N-ethyl adjacent to an activating group) is 1. The lowest BCUT2D eigenvalue weighted by Crippen LogP contribution is -2.66. The van der Waals surface area contributed by atoms with Crippen molar-refractivity contribution in [3.8, 4) is 0 Å². The van der Waals surface area contributed by atoms with Crippen LogP contribution in [0, 0.1) is 0 Å². The second-order valence-electron chi connectivity index (χ2n) is 9.40. The van der Waals surface area contributed by atoms with E-state index in [9.17, 15) is 9.59 Å². The van der Waals surface area contributed by atoms with Crippen molar-refractivity contribution >= 4 is 11.8 Å². The maximum absolute atomic E-state index is 13.6. The van der Waals surface area contributed by atoms with Crippen molar-refractivity contribution in [1.29, 1.82) is 0 Å².